The highest BCUT2D eigenvalue weighted by Gasteiger charge is 2.37. The normalized spacial score (nSPS) is 26.7. The molecule has 1 aromatic carbocycles. The fraction of sp³-hybridized carbons (Fsp3) is 0.700. The Morgan fingerprint density at radius 2 is 1.70 bits per heavy atom. The molecule has 3 rings (SSSR count). The summed E-state index contributed by atoms with van der Waals surface area (Å²) in [6, 6.07) is 7.72. The van der Waals surface area contributed by atoms with E-state index in [1.54, 1.807) is 12.1 Å². The molecule has 2 aliphatic rings. The molecule has 3 heteroatoms. The molecule has 2 nitrogen and oxygen atoms in total. The minimum Gasteiger partial charge on any atom is -0.369 e. The molecule has 0 N–H and O–H groups in total. The van der Waals surface area contributed by atoms with Crippen molar-refractivity contribution in [2.24, 2.45) is 11.3 Å². The maximum absolute atomic E-state index is 13.1. The maximum atomic E-state index is 13.1. The van der Waals surface area contributed by atoms with Crippen molar-refractivity contribution in [3.05, 3.63) is 30.1 Å². The average molecular weight is 318 g/mol. The van der Waals surface area contributed by atoms with Crippen molar-refractivity contribution in [3.63, 3.8) is 0 Å². The molecule has 23 heavy (non-hydrogen) atoms. The maximum Gasteiger partial charge on any atom is 0.123 e. The van der Waals surface area contributed by atoms with Gasteiger partial charge in [0.05, 0.1) is 0 Å². The molecule has 1 aliphatic heterocycles. The molecule has 1 saturated carbocycles. The summed E-state index contributed by atoms with van der Waals surface area (Å²) in [7, 11) is 0. The number of benzene rings is 1. The number of hydrogen-bond acceptors (Lipinski definition) is 2. The molecule has 1 unspecified atom stereocenters. The minimum absolute atomic E-state index is 0.150. The highest BCUT2D eigenvalue weighted by molar-refractivity contribution is 5.46. The van der Waals surface area contributed by atoms with Crippen LogP contribution in [0, 0.1) is 17.2 Å². The Morgan fingerprint density at radius 1 is 1.04 bits per heavy atom. The van der Waals surface area contributed by atoms with Gasteiger partial charge in [-0.2, -0.15) is 0 Å². The fourth-order valence-electron chi connectivity index (χ4n) is 4.28. The average Bonchev–Trinajstić information content (AvgIpc) is 3.07. The minimum atomic E-state index is -0.150. The Kier molecular flexibility index (Phi) is 4.96. The first-order valence-corrected chi connectivity index (χ1v) is 9.24. The van der Waals surface area contributed by atoms with Gasteiger partial charge in [-0.1, -0.05) is 27.2 Å². The number of halogens is 1. The molecule has 2 atom stereocenters. The van der Waals surface area contributed by atoms with Gasteiger partial charge in [0.2, 0.25) is 0 Å². The summed E-state index contributed by atoms with van der Waals surface area (Å²) in [6.45, 7) is 11.6. The first-order chi connectivity index (χ1) is 11.0. The zero-order valence-electron chi connectivity index (χ0n) is 14.9. The van der Waals surface area contributed by atoms with Crippen molar-refractivity contribution >= 4 is 5.69 Å². The van der Waals surface area contributed by atoms with Crippen molar-refractivity contribution < 1.29 is 4.39 Å². The third-order valence-electron chi connectivity index (χ3n) is 6.44. The van der Waals surface area contributed by atoms with Gasteiger partial charge in [-0.05, 0) is 54.9 Å². The second kappa shape index (κ2) is 6.80. The van der Waals surface area contributed by atoms with Gasteiger partial charge in [-0.3, -0.25) is 4.90 Å². The Labute approximate surface area is 140 Å². The van der Waals surface area contributed by atoms with Crippen molar-refractivity contribution in [1.82, 2.24) is 4.90 Å². The molecule has 0 bridgehead atoms. The number of hydrogen-bond donors (Lipinski definition) is 0. The van der Waals surface area contributed by atoms with Crippen molar-refractivity contribution in [2.75, 3.05) is 31.1 Å². The predicted molar refractivity (Wildman–Crippen MR) is 95.4 cm³/mol. The summed E-state index contributed by atoms with van der Waals surface area (Å²) >= 11 is 0. The number of nitrogens with zero attached hydrogens (tertiary/aromatic N) is 2. The fourth-order valence-corrected chi connectivity index (χ4v) is 4.28. The molecule has 1 heterocycles. The van der Waals surface area contributed by atoms with Crippen molar-refractivity contribution in [1.29, 1.82) is 0 Å². The predicted octanol–water partition coefficient (Wildman–Crippen LogP) is 4.55. The third kappa shape index (κ3) is 3.71. The molecule has 0 aromatic heterocycles. The van der Waals surface area contributed by atoms with Crippen LogP contribution in [0.2, 0.25) is 0 Å². The van der Waals surface area contributed by atoms with Crippen LogP contribution >= 0.6 is 0 Å². The summed E-state index contributed by atoms with van der Waals surface area (Å²) in [5.74, 6) is 0.732. The smallest absolute Gasteiger partial charge is 0.123 e. The SMILES string of the molecule is CCC(C)(C)C1CC[C@@H](N2CCN(c3ccc(F)cc3)CC2)C1. The molecule has 1 aliphatic carbocycles. The van der Waals surface area contributed by atoms with Crippen LogP contribution in [0.25, 0.3) is 0 Å². The first-order valence-electron chi connectivity index (χ1n) is 9.24. The Bertz CT molecular complexity index is 503. The van der Waals surface area contributed by atoms with Crippen molar-refractivity contribution in [3.8, 4) is 0 Å². The van der Waals surface area contributed by atoms with E-state index in [1.165, 1.54) is 25.7 Å². The second-order valence-corrected chi connectivity index (χ2v) is 8.01. The van der Waals surface area contributed by atoms with Gasteiger partial charge in [-0.25, -0.2) is 4.39 Å². The molecular weight excluding hydrogens is 287 g/mol. The van der Waals surface area contributed by atoms with Crippen LogP contribution in [-0.4, -0.2) is 37.1 Å². The second-order valence-electron chi connectivity index (χ2n) is 8.01. The van der Waals surface area contributed by atoms with Crippen molar-refractivity contribution in [2.45, 2.75) is 52.5 Å². The standard InChI is InChI=1S/C20H31FN2/c1-4-20(2,3)16-5-8-19(15-16)23-13-11-22(12-14-23)18-9-6-17(21)7-10-18/h6-7,9-10,16,19H,4-5,8,11-15H2,1-3H3/t16?,19-/m1/s1. The molecular formula is C20H31FN2. The Hall–Kier alpha value is -1.09. The van der Waals surface area contributed by atoms with E-state index in [0.717, 1.165) is 43.8 Å². The van der Waals surface area contributed by atoms with E-state index in [1.807, 2.05) is 12.1 Å². The lowest BCUT2D eigenvalue weighted by Gasteiger charge is -2.39. The number of anilines is 1. The van der Waals surface area contributed by atoms with Crippen LogP contribution in [0.5, 0.6) is 0 Å². The van der Waals surface area contributed by atoms with Crippen LogP contribution in [0.1, 0.15) is 46.5 Å². The zero-order chi connectivity index (χ0) is 16.4. The van der Waals surface area contributed by atoms with Gasteiger partial charge in [-0.15, -0.1) is 0 Å². The lowest BCUT2D eigenvalue weighted by molar-refractivity contribution is 0.158. The van der Waals surface area contributed by atoms with E-state index < -0.39 is 0 Å². The third-order valence-corrected chi connectivity index (χ3v) is 6.44. The Balaban J connectivity index is 1.53. The largest absolute Gasteiger partial charge is 0.369 e. The summed E-state index contributed by atoms with van der Waals surface area (Å²) in [4.78, 5) is 5.09. The molecule has 0 spiro atoms. The van der Waals surface area contributed by atoms with E-state index in [2.05, 4.69) is 30.6 Å². The van der Waals surface area contributed by atoms with Crippen LogP contribution in [0.3, 0.4) is 0 Å². The monoisotopic (exact) mass is 318 g/mol. The van der Waals surface area contributed by atoms with Gasteiger partial charge in [0.25, 0.3) is 0 Å². The zero-order valence-corrected chi connectivity index (χ0v) is 14.9. The molecule has 0 amide bonds. The van der Waals surface area contributed by atoms with Gasteiger partial charge in [0.15, 0.2) is 0 Å². The van der Waals surface area contributed by atoms with E-state index in [9.17, 15) is 4.39 Å². The lowest BCUT2D eigenvalue weighted by Crippen LogP contribution is -2.50. The number of rotatable bonds is 4. The topological polar surface area (TPSA) is 6.48 Å². The van der Waals surface area contributed by atoms with Gasteiger partial charge < -0.3 is 4.90 Å². The summed E-state index contributed by atoms with van der Waals surface area (Å²) in [6.07, 6.45) is 5.41. The van der Waals surface area contributed by atoms with Crippen LogP contribution in [-0.2, 0) is 0 Å². The highest BCUT2D eigenvalue weighted by atomic mass is 19.1. The highest BCUT2D eigenvalue weighted by Crippen LogP contribution is 2.43. The van der Waals surface area contributed by atoms with Gasteiger partial charge >= 0.3 is 0 Å². The molecule has 128 valence electrons. The van der Waals surface area contributed by atoms with E-state index in [-0.39, 0.29) is 5.82 Å². The summed E-state index contributed by atoms with van der Waals surface area (Å²) in [5, 5.41) is 0. The van der Waals surface area contributed by atoms with Crippen LogP contribution in [0.4, 0.5) is 10.1 Å². The molecule has 1 saturated heterocycles. The Morgan fingerprint density at radius 3 is 2.30 bits per heavy atom. The molecule has 0 radical (unpaired) electrons. The van der Waals surface area contributed by atoms with Gasteiger partial charge in [0, 0.05) is 37.9 Å². The van der Waals surface area contributed by atoms with E-state index >= 15 is 0 Å². The first kappa shape index (κ1) is 16.8. The quantitative estimate of drug-likeness (QED) is 0.803. The van der Waals surface area contributed by atoms with Gasteiger partial charge in [0.1, 0.15) is 5.82 Å². The summed E-state index contributed by atoms with van der Waals surface area (Å²) < 4.78 is 13.1. The van der Waals surface area contributed by atoms with Crippen LogP contribution < -0.4 is 4.90 Å². The van der Waals surface area contributed by atoms with Crippen LogP contribution in [0.15, 0.2) is 24.3 Å². The number of piperazine rings is 1. The summed E-state index contributed by atoms with van der Waals surface area (Å²) in [5.41, 5.74) is 1.65. The van der Waals surface area contributed by atoms with E-state index in [0.29, 0.717) is 5.41 Å². The molecule has 1 aromatic rings. The lowest BCUT2D eigenvalue weighted by atomic mass is 9.76. The van der Waals surface area contributed by atoms with E-state index in [4.69, 9.17) is 0 Å². The molecule has 2 fully saturated rings.